The smallest absolute Gasteiger partial charge is 0.306 e. The van der Waals surface area contributed by atoms with Crippen LogP contribution in [0.4, 0.5) is 0 Å². The molecular weight excluding hydrogens is 654 g/mol. The summed E-state index contributed by atoms with van der Waals surface area (Å²) in [6.45, 7) is 4.59. The molecule has 0 saturated carbocycles. The molecule has 0 fully saturated rings. The summed E-state index contributed by atoms with van der Waals surface area (Å²) >= 11 is 0. The zero-order valence-electron chi connectivity index (χ0n) is 34.5. The fraction of sp³-hybridized carbons (Fsp3) is 0.841. The molecule has 8 heteroatoms. The number of hydrogen-bond acceptors (Lipinski definition) is 7. The van der Waals surface area contributed by atoms with Gasteiger partial charge >= 0.3 is 11.9 Å². The Labute approximate surface area is 320 Å². The second-order valence-corrected chi connectivity index (χ2v) is 15.6. The molecule has 2 atom stereocenters. The van der Waals surface area contributed by atoms with E-state index in [1.165, 1.54) is 116 Å². The maximum Gasteiger partial charge on any atom is 0.306 e. The molecule has 0 spiro atoms. The molecule has 52 heavy (non-hydrogen) atoms. The van der Waals surface area contributed by atoms with Gasteiger partial charge in [-0.2, -0.15) is 0 Å². The molecule has 0 aromatic carbocycles. The Morgan fingerprint density at radius 2 is 0.981 bits per heavy atom. The van der Waals surface area contributed by atoms with Gasteiger partial charge in [-0.25, -0.2) is 0 Å². The van der Waals surface area contributed by atoms with Gasteiger partial charge in [-0.05, 0) is 57.8 Å². The van der Waals surface area contributed by atoms with Crippen molar-refractivity contribution in [3.05, 3.63) is 24.3 Å². The molecule has 0 rings (SSSR count). The van der Waals surface area contributed by atoms with E-state index in [-0.39, 0.29) is 42.7 Å². The van der Waals surface area contributed by atoms with Crippen LogP contribution in [0.1, 0.15) is 187 Å². The number of ether oxygens (including phenoxy) is 3. The Bertz CT molecular complexity index is 911. The first kappa shape index (κ1) is 49.8. The topological polar surface area (TPSA) is 102 Å². The highest BCUT2D eigenvalue weighted by Gasteiger charge is 2.25. The van der Waals surface area contributed by atoms with Crippen molar-refractivity contribution >= 4 is 17.9 Å². The lowest BCUT2D eigenvalue weighted by atomic mass is 10.1. The van der Waals surface area contributed by atoms with Crippen LogP contribution in [0.25, 0.3) is 0 Å². The minimum Gasteiger partial charge on any atom is -0.544 e. The van der Waals surface area contributed by atoms with Crippen molar-refractivity contribution in [2.45, 2.75) is 199 Å². The summed E-state index contributed by atoms with van der Waals surface area (Å²) < 4.78 is 17.1. The Hall–Kier alpha value is -2.19. The highest BCUT2D eigenvalue weighted by molar-refractivity contribution is 5.70. The molecule has 0 aliphatic rings. The minimum absolute atomic E-state index is 0.0328. The molecule has 304 valence electrons. The molecule has 0 N–H and O–H groups in total. The fourth-order valence-electron chi connectivity index (χ4n) is 6.19. The van der Waals surface area contributed by atoms with E-state index >= 15 is 0 Å². The number of carboxylic acid groups (broad SMARTS) is 1. The molecule has 0 aromatic rings. The second-order valence-electron chi connectivity index (χ2n) is 15.6. The van der Waals surface area contributed by atoms with E-state index in [1.807, 2.05) is 0 Å². The monoisotopic (exact) mass is 736 g/mol. The average Bonchev–Trinajstić information content (AvgIpc) is 3.09. The Kier molecular flexibility index (Phi) is 34.3. The third-order valence-corrected chi connectivity index (χ3v) is 9.56. The molecule has 2 unspecified atom stereocenters. The van der Waals surface area contributed by atoms with Crippen LogP contribution in [0, 0.1) is 0 Å². The molecule has 0 saturated heterocycles. The van der Waals surface area contributed by atoms with Gasteiger partial charge < -0.3 is 28.6 Å². The molecule has 0 aliphatic carbocycles. The van der Waals surface area contributed by atoms with Crippen LogP contribution in [-0.4, -0.2) is 75.5 Å². The van der Waals surface area contributed by atoms with Crippen LogP contribution in [0.2, 0.25) is 0 Å². The minimum atomic E-state index is -1.13. The van der Waals surface area contributed by atoms with Crippen molar-refractivity contribution in [2.24, 2.45) is 0 Å². The van der Waals surface area contributed by atoms with E-state index in [1.54, 1.807) is 21.1 Å². The van der Waals surface area contributed by atoms with Gasteiger partial charge in [-0.1, -0.05) is 134 Å². The first-order valence-electron chi connectivity index (χ1n) is 21.4. The lowest BCUT2D eigenvalue weighted by molar-refractivity contribution is -0.889. The van der Waals surface area contributed by atoms with E-state index in [9.17, 15) is 19.5 Å². The summed E-state index contributed by atoms with van der Waals surface area (Å²) in [4.78, 5) is 36.7. The SMILES string of the molecule is CCCCCC/C=C/CCCC(=O)OCC(COCCC(C(=O)[O-])[N+](C)(C)C)OC(=O)CCCCCCCCC/C=C/CCCCCCCCCC. The number of esters is 2. The third kappa shape index (κ3) is 33.6. The van der Waals surface area contributed by atoms with Crippen molar-refractivity contribution in [3.8, 4) is 0 Å². The van der Waals surface area contributed by atoms with Crippen LogP contribution < -0.4 is 5.11 Å². The maximum atomic E-state index is 12.7. The van der Waals surface area contributed by atoms with Gasteiger partial charge in [0.05, 0.1) is 40.3 Å². The summed E-state index contributed by atoms with van der Waals surface area (Å²) in [5.41, 5.74) is 0. The summed E-state index contributed by atoms with van der Waals surface area (Å²) in [6, 6.07) is -0.726. The number of carboxylic acids is 1. The van der Waals surface area contributed by atoms with Crippen LogP contribution in [0.3, 0.4) is 0 Å². The number of likely N-dealkylation sites (N-methyl/N-ethyl adjacent to an activating group) is 1. The molecule has 0 aliphatic heterocycles. The van der Waals surface area contributed by atoms with Crippen molar-refractivity contribution in [1.82, 2.24) is 0 Å². The lowest BCUT2D eigenvalue weighted by Crippen LogP contribution is -2.55. The first-order valence-corrected chi connectivity index (χ1v) is 21.4. The summed E-state index contributed by atoms with van der Waals surface area (Å²) in [5, 5.41) is 11.6. The van der Waals surface area contributed by atoms with E-state index in [4.69, 9.17) is 14.2 Å². The van der Waals surface area contributed by atoms with E-state index in [0.29, 0.717) is 19.3 Å². The van der Waals surface area contributed by atoms with Gasteiger partial charge in [0.1, 0.15) is 12.6 Å². The summed E-state index contributed by atoms with van der Waals surface area (Å²) in [7, 11) is 5.39. The number of carbonyl (C=O) groups excluding carboxylic acids is 3. The van der Waals surface area contributed by atoms with Crippen molar-refractivity contribution in [3.63, 3.8) is 0 Å². The highest BCUT2D eigenvalue weighted by atomic mass is 16.6. The number of carbonyl (C=O) groups is 3. The van der Waals surface area contributed by atoms with E-state index < -0.39 is 18.1 Å². The Morgan fingerprint density at radius 3 is 1.46 bits per heavy atom. The number of quaternary nitrogens is 1. The molecule has 8 nitrogen and oxygen atoms in total. The van der Waals surface area contributed by atoms with Gasteiger partial charge in [0, 0.05) is 19.3 Å². The number of allylic oxidation sites excluding steroid dienone is 4. The van der Waals surface area contributed by atoms with Crippen LogP contribution in [-0.2, 0) is 28.6 Å². The third-order valence-electron chi connectivity index (χ3n) is 9.56. The molecule has 0 radical (unpaired) electrons. The second kappa shape index (κ2) is 35.8. The molecule has 0 heterocycles. The lowest BCUT2D eigenvalue weighted by Gasteiger charge is -2.34. The average molecular weight is 736 g/mol. The van der Waals surface area contributed by atoms with Gasteiger partial charge in [0.15, 0.2) is 6.10 Å². The number of hydrogen-bond donors (Lipinski definition) is 0. The zero-order chi connectivity index (χ0) is 38.5. The standard InChI is InChI=1S/C44H81NO7/c1-6-8-10-12-14-16-17-18-19-20-21-22-23-24-25-27-29-31-33-35-43(47)52-40(38-50-37-36-41(44(48)49)45(3,4)5)39-51-42(46)34-32-30-28-26-15-13-11-9-7-2/h20-21,26,28,40-41H,6-19,22-25,27,29-39H2,1-5H3/b21-20+,28-26+. The van der Waals surface area contributed by atoms with E-state index in [0.717, 1.165) is 32.1 Å². The van der Waals surface area contributed by atoms with Crippen molar-refractivity contribution in [2.75, 3.05) is 41.0 Å². The summed E-state index contributed by atoms with van der Waals surface area (Å²) in [6.07, 6.45) is 37.9. The fourth-order valence-corrected chi connectivity index (χ4v) is 6.19. The number of unbranched alkanes of at least 4 members (excludes halogenated alkanes) is 20. The quantitative estimate of drug-likeness (QED) is 0.0269. The van der Waals surface area contributed by atoms with Crippen molar-refractivity contribution in [1.29, 1.82) is 0 Å². The zero-order valence-corrected chi connectivity index (χ0v) is 34.5. The van der Waals surface area contributed by atoms with Gasteiger partial charge in [0.25, 0.3) is 0 Å². The highest BCUT2D eigenvalue weighted by Crippen LogP contribution is 2.14. The predicted octanol–water partition coefficient (Wildman–Crippen LogP) is 9.97. The van der Waals surface area contributed by atoms with Gasteiger partial charge in [0.2, 0.25) is 0 Å². The first-order chi connectivity index (χ1) is 25.1. The predicted molar refractivity (Wildman–Crippen MR) is 213 cm³/mol. The number of nitrogens with zero attached hydrogens (tertiary/aromatic N) is 1. The Morgan fingerprint density at radius 1 is 0.558 bits per heavy atom. The number of rotatable bonds is 38. The molecular formula is C44H81NO7. The van der Waals surface area contributed by atoms with E-state index in [2.05, 4.69) is 38.2 Å². The van der Waals surface area contributed by atoms with Crippen molar-refractivity contribution < 1.29 is 38.2 Å². The van der Waals surface area contributed by atoms with Gasteiger partial charge in [-0.15, -0.1) is 0 Å². The van der Waals surface area contributed by atoms with Crippen LogP contribution in [0.5, 0.6) is 0 Å². The van der Waals surface area contributed by atoms with Gasteiger partial charge in [-0.3, -0.25) is 9.59 Å². The van der Waals surface area contributed by atoms with Crippen LogP contribution in [0.15, 0.2) is 24.3 Å². The molecule has 0 amide bonds. The Balaban J connectivity index is 4.30. The largest absolute Gasteiger partial charge is 0.544 e. The maximum absolute atomic E-state index is 12.7. The normalized spacial score (nSPS) is 13.2. The summed E-state index contributed by atoms with van der Waals surface area (Å²) in [5.74, 6) is -1.78. The number of aliphatic carboxylic acids is 1. The van der Waals surface area contributed by atoms with Crippen LogP contribution >= 0.6 is 0 Å². The molecule has 0 aromatic heterocycles. The molecule has 0 bridgehead atoms.